The monoisotopic (exact) mass is 297 g/mol. The molecule has 5 nitrogen and oxygen atoms in total. The maximum absolute atomic E-state index is 12.3. The van der Waals surface area contributed by atoms with E-state index in [4.69, 9.17) is 16.3 Å². The fraction of sp³-hybridized carbons (Fsp3) is 0.571. The first kappa shape index (κ1) is 15.1. The number of anilines is 1. The van der Waals surface area contributed by atoms with Gasteiger partial charge in [-0.05, 0) is 37.8 Å². The summed E-state index contributed by atoms with van der Waals surface area (Å²) < 4.78 is 5.34. The quantitative estimate of drug-likeness (QED) is 0.837. The molecule has 1 aliphatic heterocycles. The van der Waals surface area contributed by atoms with E-state index in [0.29, 0.717) is 22.5 Å². The molecule has 1 aromatic rings. The van der Waals surface area contributed by atoms with Crippen molar-refractivity contribution in [2.45, 2.75) is 25.8 Å². The molecule has 0 aromatic carbocycles. The van der Waals surface area contributed by atoms with Crippen LogP contribution in [0.1, 0.15) is 30.1 Å². The van der Waals surface area contributed by atoms with Gasteiger partial charge in [-0.3, -0.25) is 4.79 Å². The zero-order valence-corrected chi connectivity index (χ0v) is 12.5. The van der Waals surface area contributed by atoms with Gasteiger partial charge in [-0.25, -0.2) is 4.98 Å². The number of rotatable bonds is 4. The van der Waals surface area contributed by atoms with Crippen LogP contribution < -0.4 is 10.6 Å². The standard InChI is InChI=1S/C14H20ClN3O2/c1-9(10-3-5-20-6-4-10)17-14(19)11-7-12(15)18-13(8-11)16-2/h7-10H,3-6H2,1-2H3,(H,16,18)(H,17,19). The number of aromatic nitrogens is 1. The second kappa shape index (κ2) is 6.90. The second-order valence-electron chi connectivity index (χ2n) is 5.03. The molecule has 0 aliphatic carbocycles. The van der Waals surface area contributed by atoms with Gasteiger partial charge in [0.2, 0.25) is 0 Å². The van der Waals surface area contributed by atoms with Crippen LogP contribution in [0.15, 0.2) is 12.1 Å². The number of carbonyl (C=O) groups excluding carboxylic acids is 1. The minimum absolute atomic E-state index is 0.121. The molecule has 1 saturated heterocycles. The first-order valence-corrected chi connectivity index (χ1v) is 7.22. The molecule has 0 saturated carbocycles. The predicted octanol–water partition coefficient (Wildman–Crippen LogP) is 2.32. The van der Waals surface area contributed by atoms with Crippen LogP contribution in [0.2, 0.25) is 5.15 Å². The number of halogens is 1. The molecule has 1 aliphatic rings. The van der Waals surface area contributed by atoms with E-state index in [1.165, 1.54) is 0 Å². The van der Waals surface area contributed by atoms with E-state index in [1.54, 1.807) is 19.2 Å². The summed E-state index contributed by atoms with van der Waals surface area (Å²) in [6.45, 7) is 3.58. The molecule has 2 heterocycles. The van der Waals surface area contributed by atoms with Crippen molar-refractivity contribution in [1.29, 1.82) is 0 Å². The Hall–Kier alpha value is -1.33. The van der Waals surface area contributed by atoms with E-state index in [2.05, 4.69) is 15.6 Å². The summed E-state index contributed by atoms with van der Waals surface area (Å²) >= 11 is 5.91. The molecule has 0 radical (unpaired) electrons. The topological polar surface area (TPSA) is 63.2 Å². The summed E-state index contributed by atoms with van der Waals surface area (Å²) in [5, 5.41) is 6.23. The fourth-order valence-corrected chi connectivity index (χ4v) is 2.59. The van der Waals surface area contributed by atoms with Gasteiger partial charge in [-0.2, -0.15) is 0 Å². The molecule has 1 atom stereocenters. The Kier molecular flexibility index (Phi) is 5.20. The van der Waals surface area contributed by atoms with E-state index >= 15 is 0 Å². The van der Waals surface area contributed by atoms with Crippen LogP contribution >= 0.6 is 11.6 Å². The average molecular weight is 298 g/mol. The van der Waals surface area contributed by atoms with Gasteiger partial charge in [0.15, 0.2) is 0 Å². The SMILES string of the molecule is CNc1cc(C(=O)NC(C)C2CCOCC2)cc(Cl)n1. The molecular formula is C14H20ClN3O2. The first-order chi connectivity index (χ1) is 9.60. The number of hydrogen-bond donors (Lipinski definition) is 2. The van der Waals surface area contributed by atoms with Crippen LogP contribution in [0.3, 0.4) is 0 Å². The summed E-state index contributed by atoms with van der Waals surface area (Å²) in [7, 11) is 1.74. The molecule has 1 amide bonds. The smallest absolute Gasteiger partial charge is 0.251 e. The molecule has 2 N–H and O–H groups in total. The van der Waals surface area contributed by atoms with E-state index in [-0.39, 0.29) is 11.9 Å². The third-order valence-corrected chi connectivity index (χ3v) is 3.84. The summed E-state index contributed by atoms with van der Waals surface area (Å²) in [5.41, 5.74) is 0.522. The van der Waals surface area contributed by atoms with Gasteiger partial charge < -0.3 is 15.4 Å². The Morgan fingerprint density at radius 1 is 1.45 bits per heavy atom. The highest BCUT2D eigenvalue weighted by Gasteiger charge is 2.22. The maximum Gasteiger partial charge on any atom is 0.251 e. The van der Waals surface area contributed by atoms with Crippen LogP contribution in [0, 0.1) is 5.92 Å². The Balaban J connectivity index is 2.01. The molecule has 0 bridgehead atoms. The van der Waals surface area contributed by atoms with Crippen molar-refractivity contribution in [1.82, 2.24) is 10.3 Å². The van der Waals surface area contributed by atoms with Gasteiger partial charge in [-0.1, -0.05) is 11.6 Å². The van der Waals surface area contributed by atoms with Crippen LogP contribution in [0.5, 0.6) is 0 Å². The molecule has 1 fully saturated rings. The Bertz CT molecular complexity index is 475. The van der Waals surface area contributed by atoms with Crippen molar-refractivity contribution < 1.29 is 9.53 Å². The fourth-order valence-electron chi connectivity index (χ4n) is 2.38. The lowest BCUT2D eigenvalue weighted by molar-refractivity contribution is 0.0538. The van der Waals surface area contributed by atoms with Crippen LogP contribution in [-0.4, -0.2) is 37.2 Å². The molecule has 1 aromatic heterocycles. The lowest BCUT2D eigenvalue weighted by atomic mass is 9.93. The van der Waals surface area contributed by atoms with E-state index in [0.717, 1.165) is 26.1 Å². The summed E-state index contributed by atoms with van der Waals surface area (Å²) in [4.78, 5) is 16.3. The molecule has 1 unspecified atom stereocenters. The molecule has 0 spiro atoms. The van der Waals surface area contributed by atoms with Crippen molar-refractivity contribution >= 4 is 23.3 Å². The highest BCUT2D eigenvalue weighted by atomic mass is 35.5. The molecule has 6 heteroatoms. The van der Waals surface area contributed by atoms with Gasteiger partial charge in [0.1, 0.15) is 11.0 Å². The van der Waals surface area contributed by atoms with Crippen LogP contribution in [0.25, 0.3) is 0 Å². The largest absolute Gasteiger partial charge is 0.381 e. The van der Waals surface area contributed by atoms with E-state index in [1.807, 2.05) is 6.92 Å². The normalized spacial score (nSPS) is 17.6. The second-order valence-corrected chi connectivity index (χ2v) is 5.41. The van der Waals surface area contributed by atoms with Crippen molar-refractivity contribution in [3.8, 4) is 0 Å². The Morgan fingerprint density at radius 2 is 2.15 bits per heavy atom. The van der Waals surface area contributed by atoms with Gasteiger partial charge in [0.25, 0.3) is 5.91 Å². The molecular weight excluding hydrogens is 278 g/mol. The van der Waals surface area contributed by atoms with Crippen molar-refractivity contribution in [2.75, 3.05) is 25.6 Å². The number of nitrogens with one attached hydrogen (secondary N) is 2. The molecule has 2 rings (SSSR count). The Morgan fingerprint density at radius 3 is 2.80 bits per heavy atom. The van der Waals surface area contributed by atoms with Crippen molar-refractivity contribution in [2.24, 2.45) is 5.92 Å². The van der Waals surface area contributed by atoms with Crippen LogP contribution in [-0.2, 0) is 4.74 Å². The predicted molar refractivity (Wildman–Crippen MR) is 79.3 cm³/mol. The third-order valence-electron chi connectivity index (χ3n) is 3.64. The summed E-state index contributed by atoms with van der Waals surface area (Å²) in [6, 6.07) is 3.39. The third kappa shape index (κ3) is 3.84. The Labute approximate surface area is 124 Å². The lowest BCUT2D eigenvalue weighted by Gasteiger charge is -2.28. The molecule has 20 heavy (non-hydrogen) atoms. The average Bonchev–Trinajstić information content (AvgIpc) is 2.47. The molecule has 110 valence electrons. The van der Waals surface area contributed by atoms with Gasteiger partial charge in [0.05, 0.1) is 0 Å². The highest BCUT2D eigenvalue weighted by Crippen LogP contribution is 2.19. The number of hydrogen-bond acceptors (Lipinski definition) is 4. The first-order valence-electron chi connectivity index (χ1n) is 6.84. The van der Waals surface area contributed by atoms with E-state index < -0.39 is 0 Å². The van der Waals surface area contributed by atoms with Gasteiger partial charge >= 0.3 is 0 Å². The zero-order valence-electron chi connectivity index (χ0n) is 11.8. The van der Waals surface area contributed by atoms with Crippen molar-refractivity contribution in [3.05, 3.63) is 22.8 Å². The van der Waals surface area contributed by atoms with Gasteiger partial charge in [-0.15, -0.1) is 0 Å². The number of pyridine rings is 1. The number of ether oxygens (including phenoxy) is 1. The highest BCUT2D eigenvalue weighted by molar-refractivity contribution is 6.29. The number of nitrogens with zero attached hydrogens (tertiary/aromatic N) is 1. The van der Waals surface area contributed by atoms with Crippen LogP contribution in [0.4, 0.5) is 5.82 Å². The van der Waals surface area contributed by atoms with Gasteiger partial charge in [0, 0.05) is 31.9 Å². The van der Waals surface area contributed by atoms with E-state index in [9.17, 15) is 4.79 Å². The lowest BCUT2D eigenvalue weighted by Crippen LogP contribution is -2.40. The number of carbonyl (C=O) groups is 1. The zero-order chi connectivity index (χ0) is 14.5. The minimum Gasteiger partial charge on any atom is -0.381 e. The van der Waals surface area contributed by atoms with Crippen molar-refractivity contribution in [3.63, 3.8) is 0 Å². The summed E-state index contributed by atoms with van der Waals surface area (Å²) in [5.74, 6) is 0.931. The number of amides is 1. The minimum atomic E-state index is -0.121. The summed E-state index contributed by atoms with van der Waals surface area (Å²) in [6.07, 6.45) is 1.97. The maximum atomic E-state index is 12.3.